The van der Waals surface area contributed by atoms with E-state index in [0.717, 1.165) is 5.56 Å². The van der Waals surface area contributed by atoms with Crippen LogP contribution in [-0.4, -0.2) is 34.6 Å². The van der Waals surface area contributed by atoms with Gasteiger partial charge in [-0.1, -0.05) is 29.8 Å². The SMILES string of the molecule is CCN(Cc1ccccc1Cl)C(=O)NC1CCC(C(=O)O)CC1. The Balaban J connectivity index is 1.88. The number of carbonyl (C=O) groups excluding carboxylic acids is 1. The summed E-state index contributed by atoms with van der Waals surface area (Å²) < 4.78 is 0. The molecule has 6 heteroatoms. The molecule has 0 unspecified atom stereocenters. The molecule has 0 saturated heterocycles. The van der Waals surface area contributed by atoms with Crippen LogP contribution in [0.2, 0.25) is 5.02 Å². The summed E-state index contributed by atoms with van der Waals surface area (Å²) in [4.78, 5) is 25.1. The molecular formula is C17H23ClN2O3. The predicted octanol–water partition coefficient (Wildman–Crippen LogP) is 3.51. The summed E-state index contributed by atoms with van der Waals surface area (Å²) in [6.45, 7) is 2.98. The lowest BCUT2D eigenvalue weighted by Crippen LogP contribution is -2.46. The molecule has 2 rings (SSSR count). The number of urea groups is 1. The average Bonchev–Trinajstić information content (AvgIpc) is 2.54. The molecule has 1 fully saturated rings. The van der Waals surface area contributed by atoms with Gasteiger partial charge in [0.15, 0.2) is 0 Å². The third kappa shape index (κ3) is 4.86. The molecule has 1 aromatic rings. The van der Waals surface area contributed by atoms with E-state index in [9.17, 15) is 9.59 Å². The van der Waals surface area contributed by atoms with Crippen LogP contribution in [0, 0.1) is 5.92 Å². The van der Waals surface area contributed by atoms with E-state index in [1.165, 1.54) is 0 Å². The van der Waals surface area contributed by atoms with Crippen molar-refractivity contribution in [3.8, 4) is 0 Å². The number of benzene rings is 1. The molecule has 1 aromatic carbocycles. The number of halogens is 1. The molecule has 0 radical (unpaired) electrons. The number of nitrogens with zero attached hydrogens (tertiary/aromatic N) is 1. The van der Waals surface area contributed by atoms with Crippen molar-refractivity contribution < 1.29 is 14.7 Å². The fourth-order valence-corrected chi connectivity index (χ4v) is 3.11. The lowest BCUT2D eigenvalue weighted by atomic mass is 9.86. The number of nitrogens with one attached hydrogen (secondary N) is 1. The Hall–Kier alpha value is -1.75. The van der Waals surface area contributed by atoms with Crippen molar-refractivity contribution in [3.05, 3.63) is 34.9 Å². The minimum atomic E-state index is -0.733. The van der Waals surface area contributed by atoms with E-state index in [0.29, 0.717) is 43.8 Å². The highest BCUT2D eigenvalue weighted by Gasteiger charge is 2.27. The summed E-state index contributed by atoms with van der Waals surface area (Å²) in [5.41, 5.74) is 0.917. The van der Waals surface area contributed by atoms with E-state index in [4.69, 9.17) is 16.7 Å². The molecule has 0 heterocycles. The van der Waals surface area contributed by atoms with Gasteiger partial charge in [0.25, 0.3) is 0 Å². The van der Waals surface area contributed by atoms with Gasteiger partial charge < -0.3 is 15.3 Å². The highest BCUT2D eigenvalue weighted by atomic mass is 35.5. The minimum Gasteiger partial charge on any atom is -0.481 e. The maximum Gasteiger partial charge on any atom is 0.317 e. The Morgan fingerprint density at radius 2 is 1.91 bits per heavy atom. The molecule has 23 heavy (non-hydrogen) atoms. The van der Waals surface area contributed by atoms with Gasteiger partial charge in [-0.25, -0.2) is 4.79 Å². The highest BCUT2D eigenvalue weighted by Crippen LogP contribution is 2.24. The third-order valence-corrected chi connectivity index (χ3v) is 4.76. The van der Waals surface area contributed by atoms with Crippen LogP contribution in [0.25, 0.3) is 0 Å². The molecule has 0 atom stereocenters. The summed E-state index contributed by atoms with van der Waals surface area (Å²) in [7, 11) is 0. The standard InChI is InChI=1S/C17H23ClN2O3/c1-2-20(11-13-5-3-4-6-15(13)18)17(23)19-14-9-7-12(8-10-14)16(21)22/h3-6,12,14H,2,7-11H2,1H3,(H,19,23)(H,21,22). The summed E-state index contributed by atoms with van der Waals surface area (Å²) in [6.07, 6.45) is 2.67. The van der Waals surface area contributed by atoms with Gasteiger partial charge in [0.2, 0.25) is 0 Å². The Bertz CT molecular complexity index is 557. The fraction of sp³-hybridized carbons (Fsp3) is 0.529. The number of hydrogen-bond acceptors (Lipinski definition) is 2. The van der Waals surface area contributed by atoms with Gasteiger partial charge in [-0.2, -0.15) is 0 Å². The molecular weight excluding hydrogens is 316 g/mol. The zero-order valence-electron chi connectivity index (χ0n) is 13.3. The second kappa shape index (κ2) is 8.20. The first-order valence-corrected chi connectivity index (χ1v) is 8.40. The number of carboxylic acid groups (broad SMARTS) is 1. The lowest BCUT2D eigenvalue weighted by Gasteiger charge is -2.30. The van der Waals surface area contributed by atoms with Crippen LogP contribution in [0.4, 0.5) is 4.79 Å². The van der Waals surface area contributed by atoms with Crippen molar-refractivity contribution in [2.75, 3.05) is 6.54 Å². The smallest absolute Gasteiger partial charge is 0.317 e. The van der Waals surface area contributed by atoms with Crippen LogP contribution in [0.15, 0.2) is 24.3 Å². The van der Waals surface area contributed by atoms with Crippen molar-refractivity contribution >= 4 is 23.6 Å². The van der Waals surface area contributed by atoms with E-state index in [1.807, 2.05) is 31.2 Å². The van der Waals surface area contributed by atoms with Gasteiger partial charge in [-0.15, -0.1) is 0 Å². The number of hydrogen-bond donors (Lipinski definition) is 2. The van der Waals surface area contributed by atoms with Crippen LogP contribution in [0.5, 0.6) is 0 Å². The number of aliphatic carboxylic acids is 1. The van der Waals surface area contributed by atoms with Crippen molar-refractivity contribution in [2.45, 2.75) is 45.2 Å². The maximum absolute atomic E-state index is 12.4. The summed E-state index contributed by atoms with van der Waals surface area (Å²) >= 11 is 6.15. The van der Waals surface area contributed by atoms with Gasteiger partial charge >= 0.3 is 12.0 Å². The molecule has 5 nitrogen and oxygen atoms in total. The number of carbonyl (C=O) groups is 2. The van der Waals surface area contributed by atoms with Crippen molar-refractivity contribution in [1.29, 1.82) is 0 Å². The lowest BCUT2D eigenvalue weighted by molar-refractivity contribution is -0.142. The molecule has 0 aliphatic heterocycles. The molecule has 0 bridgehead atoms. The largest absolute Gasteiger partial charge is 0.481 e. The van der Waals surface area contributed by atoms with Crippen LogP contribution < -0.4 is 5.32 Å². The first kappa shape index (κ1) is 17.6. The topological polar surface area (TPSA) is 69.6 Å². The van der Waals surface area contributed by atoms with Gasteiger partial charge in [0, 0.05) is 24.2 Å². The molecule has 0 aromatic heterocycles. The van der Waals surface area contributed by atoms with Gasteiger partial charge in [-0.05, 0) is 44.2 Å². The first-order valence-electron chi connectivity index (χ1n) is 8.03. The zero-order chi connectivity index (χ0) is 16.8. The Labute approximate surface area is 141 Å². The molecule has 2 amide bonds. The van der Waals surface area contributed by atoms with Gasteiger partial charge in [0.1, 0.15) is 0 Å². The Morgan fingerprint density at radius 1 is 1.26 bits per heavy atom. The molecule has 2 N–H and O–H groups in total. The third-order valence-electron chi connectivity index (χ3n) is 4.39. The van der Waals surface area contributed by atoms with Crippen LogP contribution >= 0.6 is 11.6 Å². The van der Waals surface area contributed by atoms with Crippen molar-refractivity contribution in [3.63, 3.8) is 0 Å². The van der Waals surface area contributed by atoms with E-state index in [1.54, 1.807) is 4.90 Å². The number of rotatable bonds is 5. The molecule has 1 saturated carbocycles. The van der Waals surface area contributed by atoms with Crippen molar-refractivity contribution in [2.24, 2.45) is 5.92 Å². The normalized spacial score (nSPS) is 20.8. The Kier molecular flexibility index (Phi) is 6.28. The van der Waals surface area contributed by atoms with Crippen LogP contribution in [0.1, 0.15) is 38.2 Å². The van der Waals surface area contributed by atoms with E-state index in [2.05, 4.69) is 5.32 Å². The Morgan fingerprint density at radius 3 is 2.48 bits per heavy atom. The monoisotopic (exact) mass is 338 g/mol. The molecule has 126 valence electrons. The van der Waals surface area contributed by atoms with E-state index in [-0.39, 0.29) is 18.0 Å². The summed E-state index contributed by atoms with van der Waals surface area (Å²) in [5, 5.41) is 12.7. The fourth-order valence-electron chi connectivity index (χ4n) is 2.91. The van der Waals surface area contributed by atoms with Crippen molar-refractivity contribution in [1.82, 2.24) is 10.2 Å². The molecule has 0 spiro atoms. The molecule has 1 aliphatic rings. The second-order valence-electron chi connectivity index (χ2n) is 5.94. The van der Waals surface area contributed by atoms with Gasteiger partial charge in [0.05, 0.1) is 5.92 Å². The second-order valence-corrected chi connectivity index (χ2v) is 6.35. The highest BCUT2D eigenvalue weighted by molar-refractivity contribution is 6.31. The maximum atomic E-state index is 12.4. The van der Waals surface area contributed by atoms with Gasteiger partial charge in [-0.3, -0.25) is 4.79 Å². The number of carboxylic acids is 1. The summed E-state index contributed by atoms with van der Waals surface area (Å²) in [6, 6.07) is 7.43. The van der Waals surface area contributed by atoms with E-state index < -0.39 is 5.97 Å². The molecule has 1 aliphatic carbocycles. The van der Waals surface area contributed by atoms with Crippen LogP contribution in [-0.2, 0) is 11.3 Å². The van der Waals surface area contributed by atoms with Crippen LogP contribution in [0.3, 0.4) is 0 Å². The zero-order valence-corrected chi connectivity index (χ0v) is 14.1. The summed E-state index contributed by atoms with van der Waals surface area (Å²) in [5.74, 6) is -1.00. The van der Waals surface area contributed by atoms with E-state index >= 15 is 0 Å². The predicted molar refractivity (Wildman–Crippen MR) is 89.4 cm³/mol. The average molecular weight is 339 g/mol. The first-order chi connectivity index (χ1) is 11.0. The quantitative estimate of drug-likeness (QED) is 0.863. The number of amides is 2. The minimum absolute atomic E-state index is 0.0541.